The Bertz CT molecular complexity index is 1200. The minimum atomic E-state index is -0.415. The zero-order valence-corrected chi connectivity index (χ0v) is 21.5. The maximum absolute atomic E-state index is 13.3. The minimum absolute atomic E-state index is 0.0735. The fourth-order valence-corrected chi connectivity index (χ4v) is 7.71. The van der Waals surface area contributed by atoms with Crippen LogP contribution in [0.4, 0.5) is 11.4 Å². The van der Waals surface area contributed by atoms with Gasteiger partial charge in [-0.3, -0.25) is 19.7 Å². The number of piperazine rings is 1. The molecular formula is C28H31ClN4O4. The lowest BCUT2D eigenvalue weighted by molar-refractivity contribution is -0.384. The first-order chi connectivity index (χ1) is 17.8. The molecule has 37 heavy (non-hydrogen) atoms. The molecular weight excluding hydrogens is 492 g/mol. The van der Waals surface area contributed by atoms with Gasteiger partial charge >= 0.3 is 0 Å². The molecule has 2 aromatic rings. The Labute approximate surface area is 221 Å². The molecule has 194 valence electrons. The molecule has 0 unspecified atom stereocenters. The fraction of sp³-hybridized carbons (Fsp3) is 0.500. The molecule has 2 amide bonds. The number of nitro benzene ring substituents is 1. The van der Waals surface area contributed by atoms with Gasteiger partial charge in [-0.2, -0.15) is 0 Å². The Morgan fingerprint density at radius 3 is 2.03 bits per heavy atom. The Hall–Kier alpha value is -3.13. The van der Waals surface area contributed by atoms with E-state index in [2.05, 4.69) is 5.32 Å². The van der Waals surface area contributed by atoms with Crippen LogP contribution in [0.2, 0.25) is 5.02 Å². The normalized spacial score (nSPS) is 28.3. The van der Waals surface area contributed by atoms with Gasteiger partial charge in [0, 0.05) is 53.9 Å². The van der Waals surface area contributed by atoms with Crippen LogP contribution in [0, 0.1) is 27.9 Å². The second kappa shape index (κ2) is 9.31. The largest absolute Gasteiger partial charge is 0.362 e. The first-order valence-electron chi connectivity index (χ1n) is 13.2. The van der Waals surface area contributed by atoms with Crippen LogP contribution >= 0.6 is 11.6 Å². The summed E-state index contributed by atoms with van der Waals surface area (Å²) in [5.74, 6) is 1.81. The summed E-state index contributed by atoms with van der Waals surface area (Å²) in [6.45, 7) is 1.84. The molecule has 1 saturated heterocycles. The van der Waals surface area contributed by atoms with Gasteiger partial charge in [0.05, 0.1) is 4.92 Å². The highest BCUT2D eigenvalue weighted by Crippen LogP contribution is 2.55. The highest BCUT2D eigenvalue weighted by molar-refractivity contribution is 6.30. The van der Waals surface area contributed by atoms with Crippen molar-refractivity contribution in [2.24, 2.45) is 17.8 Å². The van der Waals surface area contributed by atoms with Gasteiger partial charge in [-0.15, -0.1) is 0 Å². The number of hydrogen-bond donors (Lipinski definition) is 1. The lowest BCUT2D eigenvalue weighted by Gasteiger charge is -2.56. The van der Waals surface area contributed by atoms with E-state index in [0.717, 1.165) is 19.3 Å². The zero-order chi connectivity index (χ0) is 25.7. The van der Waals surface area contributed by atoms with Crippen LogP contribution in [-0.2, 0) is 0 Å². The third kappa shape index (κ3) is 4.67. The highest BCUT2D eigenvalue weighted by Gasteiger charge is 2.51. The number of halogens is 1. The minimum Gasteiger partial charge on any atom is -0.362 e. The molecule has 1 aliphatic heterocycles. The van der Waals surface area contributed by atoms with Crippen molar-refractivity contribution in [2.45, 2.75) is 44.1 Å². The molecule has 1 N–H and O–H groups in total. The molecule has 4 saturated carbocycles. The molecule has 0 atom stereocenters. The van der Waals surface area contributed by atoms with Gasteiger partial charge in [0.15, 0.2) is 0 Å². The molecule has 7 rings (SSSR count). The van der Waals surface area contributed by atoms with E-state index in [9.17, 15) is 19.7 Å². The molecule has 5 aliphatic rings. The predicted molar refractivity (Wildman–Crippen MR) is 141 cm³/mol. The van der Waals surface area contributed by atoms with Crippen molar-refractivity contribution >= 4 is 34.8 Å². The summed E-state index contributed by atoms with van der Waals surface area (Å²) in [6.07, 6.45) is 6.95. The van der Waals surface area contributed by atoms with Gasteiger partial charge in [0.25, 0.3) is 17.5 Å². The number of rotatable bonds is 5. The van der Waals surface area contributed by atoms with Crippen LogP contribution in [0.15, 0.2) is 42.5 Å². The summed E-state index contributed by atoms with van der Waals surface area (Å²) in [5.41, 5.74) is 1.17. The highest BCUT2D eigenvalue weighted by atomic mass is 35.5. The Morgan fingerprint density at radius 2 is 1.46 bits per heavy atom. The number of carbonyl (C=O) groups excluding carboxylic acids is 2. The number of hydrogen-bond acceptors (Lipinski definition) is 5. The van der Waals surface area contributed by atoms with E-state index in [0.29, 0.717) is 65.8 Å². The van der Waals surface area contributed by atoms with Gasteiger partial charge in [-0.05, 0) is 92.7 Å². The van der Waals surface area contributed by atoms with E-state index in [1.807, 2.05) is 4.90 Å². The summed E-state index contributed by atoms with van der Waals surface area (Å²) in [5, 5.41) is 15.9. The topological polar surface area (TPSA) is 95.8 Å². The van der Waals surface area contributed by atoms with E-state index in [-0.39, 0.29) is 23.0 Å². The average molecular weight is 523 g/mol. The van der Waals surface area contributed by atoms with E-state index in [4.69, 9.17) is 11.6 Å². The van der Waals surface area contributed by atoms with Crippen LogP contribution in [0.25, 0.3) is 0 Å². The second-order valence-corrected chi connectivity index (χ2v) is 11.8. The summed E-state index contributed by atoms with van der Waals surface area (Å²) in [4.78, 5) is 41.3. The maximum atomic E-state index is 13.3. The van der Waals surface area contributed by atoms with Crippen molar-refractivity contribution in [3.63, 3.8) is 0 Å². The van der Waals surface area contributed by atoms with Crippen molar-refractivity contribution in [3.8, 4) is 0 Å². The lowest BCUT2D eigenvalue weighted by Crippen LogP contribution is -2.59. The molecule has 2 aromatic carbocycles. The molecule has 0 spiro atoms. The first kappa shape index (κ1) is 24.2. The Morgan fingerprint density at radius 1 is 0.892 bits per heavy atom. The lowest BCUT2D eigenvalue weighted by atomic mass is 9.53. The Kier molecular flexibility index (Phi) is 6.10. The van der Waals surface area contributed by atoms with Crippen molar-refractivity contribution in [1.29, 1.82) is 0 Å². The molecule has 8 nitrogen and oxygen atoms in total. The Balaban J connectivity index is 1.14. The van der Waals surface area contributed by atoms with Crippen molar-refractivity contribution < 1.29 is 14.5 Å². The summed E-state index contributed by atoms with van der Waals surface area (Å²) in [7, 11) is 0. The number of nitrogens with zero attached hydrogens (tertiary/aromatic N) is 3. The number of anilines is 1. The van der Waals surface area contributed by atoms with Crippen molar-refractivity contribution in [1.82, 2.24) is 10.2 Å². The van der Waals surface area contributed by atoms with Crippen LogP contribution in [0.3, 0.4) is 0 Å². The zero-order valence-electron chi connectivity index (χ0n) is 20.7. The first-order valence-corrected chi connectivity index (χ1v) is 13.6. The van der Waals surface area contributed by atoms with Gasteiger partial charge in [0.1, 0.15) is 5.69 Å². The number of nitrogens with one attached hydrogen (secondary N) is 1. The van der Waals surface area contributed by atoms with E-state index < -0.39 is 4.92 Å². The summed E-state index contributed by atoms with van der Waals surface area (Å²) < 4.78 is 0. The van der Waals surface area contributed by atoms with E-state index in [1.54, 1.807) is 41.3 Å². The smallest absolute Gasteiger partial charge is 0.293 e. The summed E-state index contributed by atoms with van der Waals surface area (Å²) >= 11 is 5.93. The van der Waals surface area contributed by atoms with Crippen molar-refractivity contribution in [2.75, 3.05) is 31.1 Å². The number of amides is 2. The molecule has 1 heterocycles. The molecule has 5 fully saturated rings. The number of nitro groups is 1. The van der Waals surface area contributed by atoms with Crippen LogP contribution in [-0.4, -0.2) is 53.4 Å². The van der Waals surface area contributed by atoms with Crippen LogP contribution in [0.5, 0.6) is 0 Å². The van der Waals surface area contributed by atoms with E-state index in [1.165, 1.54) is 25.3 Å². The average Bonchev–Trinajstić information content (AvgIpc) is 2.87. The van der Waals surface area contributed by atoms with Crippen molar-refractivity contribution in [3.05, 3.63) is 68.7 Å². The standard InChI is InChI=1S/C28H31ClN4O4/c29-23-4-1-21(2-5-23)27(35)32-9-7-31(8-10-32)24-6-3-22(14-25(24)33(36)37)26(34)30-28-15-18-11-19(16-28)13-20(12-18)17-28/h1-6,14,18-20H,7-13,15-17H2,(H,30,34). The molecule has 0 radical (unpaired) electrons. The number of benzene rings is 2. The van der Waals surface area contributed by atoms with Crippen LogP contribution in [0.1, 0.15) is 59.2 Å². The molecule has 4 bridgehead atoms. The van der Waals surface area contributed by atoms with E-state index >= 15 is 0 Å². The second-order valence-electron chi connectivity index (χ2n) is 11.4. The van der Waals surface area contributed by atoms with Gasteiger partial charge in [-0.1, -0.05) is 11.6 Å². The maximum Gasteiger partial charge on any atom is 0.293 e. The van der Waals surface area contributed by atoms with Crippen LogP contribution < -0.4 is 10.2 Å². The summed E-state index contributed by atoms with van der Waals surface area (Å²) in [6, 6.07) is 11.6. The third-order valence-electron chi connectivity index (χ3n) is 8.85. The fourth-order valence-electron chi connectivity index (χ4n) is 7.58. The van der Waals surface area contributed by atoms with Gasteiger partial charge < -0.3 is 15.1 Å². The third-order valence-corrected chi connectivity index (χ3v) is 9.10. The van der Waals surface area contributed by atoms with Gasteiger partial charge in [0.2, 0.25) is 0 Å². The molecule has 4 aliphatic carbocycles. The monoisotopic (exact) mass is 522 g/mol. The number of carbonyl (C=O) groups is 2. The molecule has 9 heteroatoms. The quantitative estimate of drug-likeness (QED) is 0.444. The predicted octanol–water partition coefficient (Wildman–Crippen LogP) is 4.91. The molecule has 0 aromatic heterocycles. The SMILES string of the molecule is O=C(NC12CC3CC(CC(C3)C1)C2)c1ccc(N2CCN(C(=O)c3ccc(Cl)cc3)CC2)c([N+](=O)[O-])c1. The van der Waals surface area contributed by atoms with Gasteiger partial charge in [-0.25, -0.2) is 0 Å².